The first-order valence-corrected chi connectivity index (χ1v) is 7.45. The summed E-state index contributed by atoms with van der Waals surface area (Å²) in [6.45, 7) is 4.76. The number of anilines is 1. The van der Waals surface area contributed by atoms with E-state index in [4.69, 9.17) is 5.73 Å². The third kappa shape index (κ3) is 2.45. The normalized spacial score (nSPS) is 19.1. The van der Waals surface area contributed by atoms with Crippen LogP contribution in [0.2, 0.25) is 0 Å². The molecule has 0 radical (unpaired) electrons. The van der Waals surface area contributed by atoms with Crippen molar-refractivity contribution in [2.45, 2.75) is 45.4 Å². The molecule has 20 heavy (non-hydrogen) atoms. The number of aromatic amines is 1. The van der Waals surface area contributed by atoms with Crippen molar-refractivity contribution in [2.75, 3.05) is 5.73 Å². The predicted molar refractivity (Wildman–Crippen MR) is 83.4 cm³/mol. The summed E-state index contributed by atoms with van der Waals surface area (Å²) < 4.78 is 0. The van der Waals surface area contributed by atoms with Gasteiger partial charge in [0.2, 0.25) is 0 Å². The van der Waals surface area contributed by atoms with Crippen LogP contribution in [0, 0.1) is 5.41 Å². The van der Waals surface area contributed by atoms with Gasteiger partial charge in [0.15, 0.2) is 0 Å². The number of nitrogens with two attached hydrogens (primary N) is 1. The molecule has 1 heterocycles. The van der Waals surface area contributed by atoms with E-state index in [-0.39, 0.29) is 0 Å². The molecule has 0 amide bonds. The van der Waals surface area contributed by atoms with Crippen molar-refractivity contribution in [3.63, 3.8) is 0 Å². The summed E-state index contributed by atoms with van der Waals surface area (Å²) in [6, 6.07) is 8.63. The second-order valence-electron chi connectivity index (χ2n) is 6.72. The number of H-pyrrole nitrogens is 1. The van der Waals surface area contributed by atoms with E-state index in [9.17, 15) is 0 Å². The van der Waals surface area contributed by atoms with Crippen LogP contribution < -0.4 is 5.73 Å². The Morgan fingerprint density at radius 1 is 1.15 bits per heavy atom. The van der Waals surface area contributed by atoms with Crippen LogP contribution in [0.25, 0.3) is 11.1 Å². The lowest BCUT2D eigenvalue weighted by Gasteiger charge is -2.35. The molecule has 1 saturated carbocycles. The molecule has 3 rings (SSSR count). The van der Waals surface area contributed by atoms with Crippen molar-refractivity contribution in [1.82, 2.24) is 10.2 Å². The maximum Gasteiger partial charge on any atom is 0.126 e. The number of benzene rings is 1. The first-order chi connectivity index (χ1) is 9.57. The lowest BCUT2D eigenvalue weighted by molar-refractivity contribution is 0.224. The van der Waals surface area contributed by atoms with Crippen molar-refractivity contribution >= 4 is 5.82 Å². The molecule has 1 aromatic heterocycles. The standard InChI is InChI=1S/C17H23N3/c1-17(2)9-7-12(8-10-17)13-5-3-4-6-14(13)15-11-19-20-16(15)18/h3-6,11-12H,7-10H2,1-2H3,(H3,18,19,20). The molecule has 0 aliphatic heterocycles. The molecule has 1 aliphatic carbocycles. The Hall–Kier alpha value is -1.77. The Morgan fingerprint density at radius 3 is 2.50 bits per heavy atom. The van der Waals surface area contributed by atoms with Gasteiger partial charge in [-0.1, -0.05) is 38.1 Å². The van der Waals surface area contributed by atoms with Crippen LogP contribution >= 0.6 is 0 Å². The highest BCUT2D eigenvalue weighted by Gasteiger charge is 2.29. The van der Waals surface area contributed by atoms with Crippen LogP contribution in [-0.4, -0.2) is 10.2 Å². The molecule has 0 atom stereocenters. The van der Waals surface area contributed by atoms with Gasteiger partial charge in [-0.15, -0.1) is 0 Å². The highest BCUT2D eigenvalue weighted by molar-refractivity contribution is 5.76. The number of nitrogens with zero attached hydrogens (tertiary/aromatic N) is 1. The van der Waals surface area contributed by atoms with Crippen molar-refractivity contribution in [3.05, 3.63) is 36.0 Å². The second-order valence-corrected chi connectivity index (χ2v) is 6.72. The molecule has 0 spiro atoms. The number of aromatic nitrogens is 2. The fraction of sp³-hybridized carbons (Fsp3) is 0.471. The van der Waals surface area contributed by atoms with E-state index in [1.54, 1.807) is 0 Å². The van der Waals surface area contributed by atoms with Gasteiger partial charge in [-0.25, -0.2) is 0 Å². The van der Waals surface area contributed by atoms with Gasteiger partial charge in [-0.05, 0) is 48.1 Å². The molecule has 1 aliphatic rings. The van der Waals surface area contributed by atoms with E-state index in [0.29, 0.717) is 17.2 Å². The molecular formula is C17H23N3. The third-order valence-electron chi connectivity index (χ3n) is 4.70. The molecule has 1 aromatic carbocycles. The Bertz CT molecular complexity index is 588. The maximum atomic E-state index is 6.00. The van der Waals surface area contributed by atoms with E-state index in [0.717, 1.165) is 5.56 Å². The van der Waals surface area contributed by atoms with E-state index in [1.165, 1.54) is 36.8 Å². The SMILES string of the molecule is CC1(C)CCC(c2ccccc2-c2cn[nH]c2N)CC1. The fourth-order valence-corrected chi connectivity index (χ4v) is 3.32. The van der Waals surface area contributed by atoms with Gasteiger partial charge in [0, 0.05) is 5.56 Å². The zero-order chi connectivity index (χ0) is 14.2. The Labute approximate surface area is 120 Å². The van der Waals surface area contributed by atoms with Crippen LogP contribution in [0.3, 0.4) is 0 Å². The average molecular weight is 269 g/mol. The first-order valence-electron chi connectivity index (χ1n) is 7.45. The lowest BCUT2D eigenvalue weighted by atomic mass is 9.70. The van der Waals surface area contributed by atoms with Crippen LogP contribution in [-0.2, 0) is 0 Å². The Kier molecular flexibility index (Phi) is 3.28. The zero-order valence-electron chi connectivity index (χ0n) is 12.3. The van der Waals surface area contributed by atoms with Gasteiger partial charge in [-0.2, -0.15) is 5.10 Å². The lowest BCUT2D eigenvalue weighted by Crippen LogP contribution is -2.20. The van der Waals surface area contributed by atoms with Crippen molar-refractivity contribution in [2.24, 2.45) is 5.41 Å². The van der Waals surface area contributed by atoms with Crippen LogP contribution in [0.4, 0.5) is 5.82 Å². The van der Waals surface area contributed by atoms with Crippen molar-refractivity contribution < 1.29 is 0 Å². The highest BCUT2D eigenvalue weighted by atomic mass is 15.1. The molecule has 0 unspecified atom stereocenters. The van der Waals surface area contributed by atoms with Crippen LogP contribution in [0.1, 0.15) is 51.0 Å². The molecule has 0 bridgehead atoms. The summed E-state index contributed by atoms with van der Waals surface area (Å²) in [5.74, 6) is 1.31. The van der Waals surface area contributed by atoms with E-state index < -0.39 is 0 Å². The summed E-state index contributed by atoms with van der Waals surface area (Å²) in [7, 11) is 0. The monoisotopic (exact) mass is 269 g/mol. The molecule has 1 fully saturated rings. The summed E-state index contributed by atoms with van der Waals surface area (Å²) in [5.41, 5.74) is 10.2. The molecule has 0 saturated heterocycles. The quantitative estimate of drug-likeness (QED) is 0.852. The number of rotatable bonds is 2. The molecule has 3 nitrogen and oxygen atoms in total. The minimum Gasteiger partial charge on any atom is -0.384 e. The molecule has 3 N–H and O–H groups in total. The second kappa shape index (κ2) is 4.97. The van der Waals surface area contributed by atoms with Crippen molar-refractivity contribution in [3.8, 4) is 11.1 Å². The molecule has 106 valence electrons. The van der Waals surface area contributed by atoms with E-state index >= 15 is 0 Å². The predicted octanol–water partition coefficient (Wildman–Crippen LogP) is 4.34. The smallest absolute Gasteiger partial charge is 0.126 e. The summed E-state index contributed by atoms with van der Waals surface area (Å²) >= 11 is 0. The molecule has 2 aromatic rings. The van der Waals surface area contributed by atoms with Gasteiger partial charge in [0.1, 0.15) is 5.82 Å². The van der Waals surface area contributed by atoms with E-state index in [2.05, 4.69) is 48.3 Å². The number of nitrogen functional groups attached to an aromatic ring is 1. The number of hydrogen-bond donors (Lipinski definition) is 2. The third-order valence-corrected chi connectivity index (χ3v) is 4.70. The minimum absolute atomic E-state index is 0.500. The molecule has 3 heteroatoms. The molecular weight excluding hydrogens is 246 g/mol. The van der Waals surface area contributed by atoms with Gasteiger partial charge < -0.3 is 5.73 Å². The Morgan fingerprint density at radius 2 is 1.85 bits per heavy atom. The zero-order valence-corrected chi connectivity index (χ0v) is 12.3. The fourth-order valence-electron chi connectivity index (χ4n) is 3.32. The minimum atomic E-state index is 0.500. The average Bonchev–Trinajstić information content (AvgIpc) is 2.85. The van der Waals surface area contributed by atoms with Gasteiger partial charge >= 0.3 is 0 Å². The van der Waals surface area contributed by atoms with Crippen LogP contribution in [0.15, 0.2) is 30.5 Å². The van der Waals surface area contributed by atoms with Crippen LogP contribution in [0.5, 0.6) is 0 Å². The Balaban J connectivity index is 1.93. The number of hydrogen-bond acceptors (Lipinski definition) is 2. The summed E-state index contributed by atoms with van der Waals surface area (Å²) in [6.07, 6.45) is 6.96. The van der Waals surface area contributed by atoms with Crippen molar-refractivity contribution in [1.29, 1.82) is 0 Å². The van der Waals surface area contributed by atoms with Gasteiger partial charge in [0.25, 0.3) is 0 Å². The maximum absolute atomic E-state index is 6.00. The van der Waals surface area contributed by atoms with E-state index in [1.807, 2.05) is 6.20 Å². The van der Waals surface area contributed by atoms with Gasteiger partial charge in [0.05, 0.1) is 6.20 Å². The summed E-state index contributed by atoms with van der Waals surface area (Å²) in [4.78, 5) is 0. The topological polar surface area (TPSA) is 54.7 Å². The first kappa shape index (κ1) is 13.2. The largest absolute Gasteiger partial charge is 0.384 e. The number of nitrogens with one attached hydrogen (secondary N) is 1. The summed E-state index contributed by atoms with van der Waals surface area (Å²) in [5, 5.41) is 6.90. The highest BCUT2D eigenvalue weighted by Crippen LogP contribution is 2.45. The van der Waals surface area contributed by atoms with Gasteiger partial charge in [-0.3, -0.25) is 5.10 Å².